The largest absolute Gasteiger partial charge is 0.0616 e. The maximum absolute atomic E-state index is 3.45. The fourth-order valence-electron chi connectivity index (χ4n) is 2.26. The summed E-state index contributed by atoms with van der Waals surface area (Å²) in [5.41, 5.74) is 2.82. The molecule has 1 aliphatic rings. The van der Waals surface area contributed by atoms with Crippen molar-refractivity contribution in [2.45, 2.75) is 19.3 Å². The molecule has 0 saturated carbocycles. The Morgan fingerprint density at radius 1 is 1.00 bits per heavy atom. The molecule has 2 aromatic rings. The second kappa shape index (κ2) is 3.13. The van der Waals surface area contributed by atoms with Gasteiger partial charge in [-0.2, -0.15) is 0 Å². The molecule has 2 radical (unpaired) electrons. The van der Waals surface area contributed by atoms with Crippen molar-refractivity contribution in [1.29, 1.82) is 0 Å². The lowest BCUT2D eigenvalue weighted by atomic mass is 9.88. The van der Waals surface area contributed by atoms with E-state index in [1.807, 2.05) is 0 Å². The molecule has 0 bridgehead atoms. The molecule has 0 aromatic heterocycles. The first-order chi connectivity index (χ1) is 6.95. The van der Waals surface area contributed by atoms with Gasteiger partial charge in [-0.1, -0.05) is 36.4 Å². The zero-order chi connectivity index (χ0) is 9.38. The van der Waals surface area contributed by atoms with Crippen molar-refractivity contribution in [3.63, 3.8) is 0 Å². The summed E-state index contributed by atoms with van der Waals surface area (Å²) < 4.78 is 0. The maximum Gasteiger partial charge on any atom is 0.0168 e. The molecule has 0 nitrogen and oxygen atoms in total. The standard InChI is InChI=1S/C14H12/c1-3-7-13-11(5-1)9-10-12-6-2-4-8-14(12)13/h1,3,5,7,9-10H,2,4,8H2. The van der Waals surface area contributed by atoms with Crippen LogP contribution >= 0.6 is 0 Å². The predicted molar refractivity (Wildman–Crippen MR) is 59.2 cm³/mol. The van der Waals surface area contributed by atoms with Crippen molar-refractivity contribution in [3.05, 3.63) is 53.9 Å². The average Bonchev–Trinajstić information content (AvgIpc) is 2.29. The van der Waals surface area contributed by atoms with Gasteiger partial charge in [0, 0.05) is 6.42 Å². The Labute approximate surface area is 84.6 Å². The number of rotatable bonds is 0. The van der Waals surface area contributed by atoms with Crippen molar-refractivity contribution in [3.8, 4) is 0 Å². The molecule has 2 aromatic carbocycles. The highest BCUT2D eigenvalue weighted by Gasteiger charge is 2.11. The molecule has 68 valence electrons. The summed E-state index contributed by atoms with van der Waals surface area (Å²) in [5.74, 6) is 0. The van der Waals surface area contributed by atoms with Crippen LogP contribution in [0.5, 0.6) is 0 Å². The highest BCUT2D eigenvalue weighted by atomic mass is 14.2. The Balaban J connectivity index is 2.34. The van der Waals surface area contributed by atoms with Gasteiger partial charge in [0.1, 0.15) is 0 Å². The Kier molecular flexibility index (Phi) is 1.80. The summed E-state index contributed by atoms with van der Waals surface area (Å²) in [6.45, 7) is 0. The number of fused-ring (bicyclic) bond motifs is 3. The number of hydrogen-bond acceptors (Lipinski definition) is 0. The number of hydrogen-bond donors (Lipinski definition) is 0. The molecular weight excluding hydrogens is 168 g/mol. The van der Waals surface area contributed by atoms with Crippen LogP contribution in [-0.2, 0) is 6.42 Å². The Bertz CT molecular complexity index is 468. The minimum atomic E-state index is 1.12. The van der Waals surface area contributed by atoms with Gasteiger partial charge < -0.3 is 0 Å². The van der Waals surface area contributed by atoms with Crippen molar-refractivity contribution >= 4 is 10.8 Å². The van der Waals surface area contributed by atoms with Crippen LogP contribution in [0.3, 0.4) is 0 Å². The van der Waals surface area contributed by atoms with Crippen LogP contribution in [0.1, 0.15) is 24.0 Å². The minimum absolute atomic E-state index is 1.12. The fourth-order valence-corrected chi connectivity index (χ4v) is 2.26. The van der Waals surface area contributed by atoms with Gasteiger partial charge in [0.15, 0.2) is 0 Å². The first-order valence-corrected chi connectivity index (χ1v) is 5.20. The van der Waals surface area contributed by atoms with Gasteiger partial charge in [0.2, 0.25) is 0 Å². The molecule has 0 atom stereocenters. The van der Waals surface area contributed by atoms with Crippen molar-refractivity contribution < 1.29 is 0 Å². The van der Waals surface area contributed by atoms with E-state index in [4.69, 9.17) is 0 Å². The van der Waals surface area contributed by atoms with E-state index in [0.717, 1.165) is 6.42 Å². The van der Waals surface area contributed by atoms with E-state index in [9.17, 15) is 0 Å². The molecule has 0 heterocycles. The smallest absolute Gasteiger partial charge is 0.0168 e. The van der Waals surface area contributed by atoms with E-state index in [1.165, 1.54) is 34.7 Å². The van der Waals surface area contributed by atoms with Gasteiger partial charge in [-0.05, 0) is 41.2 Å². The van der Waals surface area contributed by atoms with Crippen LogP contribution in [-0.4, -0.2) is 0 Å². The fraction of sp³-hybridized carbons (Fsp3) is 0.214. The number of aryl methyl sites for hydroxylation is 1. The lowest BCUT2D eigenvalue weighted by Crippen LogP contribution is -2.01. The molecule has 0 saturated heterocycles. The van der Waals surface area contributed by atoms with Crippen LogP contribution in [0.4, 0.5) is 0 Å². The molecular formula is C14H12. The highest BCUT2D eigenvalue weighted by Crippen LogP contribution is 2.29. The Morgan fingerprint density at radius 2 is 1.93 bits per heavy atom. The summed E-state index contributed by atoms with van der Waals surface area (Å²) >= 11 is 0. The summed E-state index contributed by atoms with van der Waals surface area (Å²) in [6.07, 6.45) is 7.03. The third-order valence-corrected chi connectivity index (χ3v) is 2.96. The Morgan fingerprint density at radius 3 is 2.93 bits per heavy atom. The molecule has 0 spiro atoms. The second-order valence-corrected chi connectivity index (χ2v) is 3.84. The molecule has 0 fully saturated rings. The third-order valence-electron chi connectivity index (χ3n) is 2.96. The van der Waals surface area contributed by atoms with Gasteiger partial charge in [-0.3, -0.25) is 0 Å². The molecule has 0 heteroatoms. The van der Waals surface area contributed by atoms with Crippen LogP contribution in [0, 0.1) is 6.42 Å². The molecule has 1 aliphatic carbocycles. The summed E-state index contributed by atoms with van der Waals surface area (Å²) in [4.78, 5) is 0. The molecule has 0 aliphatic heterocycles. The van der Waals surface area contributed by atoms with Crippen LogP contribution < -0.4 is 0 Å². The lowest BCUT2D eigenvalue weighted by molar-refractivity contribution is 0.781. The SMILES string of the molecule is [C]1CCCc2c1ccc1ccccc21. The summed E-state index contributed by atoms with van der Waals surface area (Å²) in [5, 5.41) is 2.77. The maximum atomic E-state index is 3.45. The van der Waals surface area contributed by atoms with Gasteiger partial charge in [-0.15, -0.1) is 0 Å². The number of benzene rings is 2. The van der Waals surface area contributed by atoms with Gasteiger partial charge in [-0.25, -0.2) is 0 Å². The normalized spacial score (nSPS) is 15.4. The summed E-state index contributed by atoms with van der Waals surface area (Å²) in [7, 11) is 0. The van der Waals surface area contributed by atoms with E-state index in [0.29, 0.717) is 0 Å². The highest BCUT2D eigenvalue weighted by molar-refractivity contribution is 5.87. The first kappa shape index (κ1) is 8.05. The van der Waals surface area contributed by atoms with Gasteiger partial charge >= 0.3 is 0 Å². The lowest BCUT2D eigenvalue weighted by Gasteiger charge is -2.16. The topological polar surface area (TPSA) is 0 Å². The minimum Gasteiger partial charge on any atom is -0.0616 e. The van der Waals surface area contributed by atoms with E-state index in [1.54, 1.807) is 0 Å². The molecule has 3 rings (SSSR count). The molecule has 0 amide bonds. The zero-order valence-electron chi connectivity index (χ0n) is 8.09. The van der Waals surface area contributed by atoms with Gasteiger partial charge in [0.05, 0.1) is 0 Å². The monoisotopic (exact) mass is 180 g/mol. The molecule has 14 heavy (non-hydrogen) atoms. The van der Waals surface area contributed by atoms with Gasteiger partial charge in [0.25, 0.3) is 0 Å². The van der Waals surface area contributed by atoms with Crippen LogP contribution in [0.25, 0.3) is 10.8 Å². The van der Waals surface area contributed by atoms with Crippen LogP contribution in [0.2, 0.25) is 0 Å². The zero-order valence-corrected chi connectivity index (χ0v) is 8.09. The van der Waals surface area contributed by atoms with Crippen LogP contribution in [0.15, 0.2) is 36.4 Å². The van der Waals surface area contributed by atoms with E-state index < -0.39 is 0 Å². The second-order valence-electron chi connectivity index (χ2n) is 3.84. The van der Waals surface area contributed by atoms with E-state index >= 15 is 0 Å². The Hall–Kier alpha value is -1.30. The predicted octanol–water partition coefficient (Wildman–Crippen LogP) is 3.61. The first-order valence-electron chi connectivity index (χ1n) is 5.20. The van der Waals surface area contributed by atoms with Crippen molar-refractivity contribution in [1.82, 2.24) is 0 Å². The van der Waals surface area contributed by atoms with Crippen molar-refractivity contribution in [2.24, 2.45) is 0 Å². The average molecular weight is 180 g/mol. The quantitative estimate of drug-likeness (QED) is 0.581. The third kappa shape index (κ3) is 1.14. The van der Waals surface area contributed by atoms with E-state index in [2.05, 4.69) is 42.8 Å². The summed E-state index contributed by atoms with van der Waals surface area (Å²) in [6, 6.07) is 13.0. The molecule has 0 N–H and O–H groups in total. The molecule has 0 unspecified atom stereocenters. The van der Waals surface area contributed by atoms with E-state index in [-0.39, 0.29) is 0 Å². The van der Waals surface area contributed by atoms with Crippen molar-refractivity contribution in [2.75, 3.05) is 0 Å².